The minimum Gasteiger partial charge on any atom is -0.330 e. The maximum atomic E-state index is 5.39. The molecule has 0 unspecified atom stereocenters. The van der Waals surface area contributed by atoms with E-state index in [4.69, 9.17) is 5.73 Å². The molecule has 0 fully saturated rings. The third kappa shape index (κ3) is 3.03. The standard InChI is InChI=1S/C7H17N/c1-4-7(2,3)5-6-8/h4-6,8H2,1-3H3. The van der Waals surface area contributed by atoms with E-state index in [1.807, 2.05) is 0 Å². The van der Waals surface area contributed by atoms with Crippen LogP contribution in [0.15, 0.2) is 0 Å². The van der Waals surface area contributed by atoms with Crippen molar-refractivity contribution in [2.75, 3.05) is 6.54 Å². The molecule has 0 saturated carbocycles. The molecule has 0 spiro atoms. The van der Waals surface area contributed by atoms with Crippen LogP contribution in [0.25, 0.3) is 0 Å². The van der Waals surface area contributed by atoms with Crippen molar-refractivity contribution in [1.82, 2.24) is 0 Å². The van der Waals surface area contributed by atoms with Crippen LogP contribution in [0.4, 0.5) is 0 Å². The van der Waals surface area contributed by atoms with Crippen LogP contribution in [-0.2, 0) is 0 Å². The van der Waals surface area contributed by atoms with Gasteiger partial charge in [0.25, 0.3) is 0 Å². The molecule has 0 rings (SSSR count). The summed E-state index contributed by atoms with van der Waals surface area (Å²) >= 11 is 0. The van der Waals surface area contributed by atoms with E-state index in [1.165, 1.54) is 6.42 Å². The van der Waals surface area contributed by atoms with Crippen molar-refractivity contribution < 1.29 is 0 Å². The summed E-state index contributed by atoms with van der Waals surface area (Å²) in [6.45, 7) is 7.52. The molecule has 0 radical (unpaired) electrons. The van der Waals surface area contributed by atoms with E-state index >= 15 is 0 Å². The summed E-state index contributed by atoms with van der Waals surface area (Å²) in [4.78, 5) is 0. The van der Waals surface area contributed by atoms with Gasteiger partial charge in [0, 0.05) is 0 Å². The van der Waals surface area contributed by atoms with Crippen LogP contribution in [-0.4, -0.2) is 6.54 Å². The van der Waals surface area contributed by atoms with Crippen molar-refractivity contribution in [2.45, 2.75) is 33.6 Å². The second-order valence-electron chi connectivity index (χ2n) is 3.06. The van der Waals surface area contributed by atoms with E-state index in [9.17, 15) is 0 Å². The molecule has 8 heavy (non-hydrogen) atoms. The number of hydrogen-bond acceptors (Lipinski definition) is 1. The largest absolute Gasteiger partial charge is 0.330 e. The molecule has 0 atom stereocenters. The molecular formula is C7H17N. The number of nitrogens with two attached hydrogens (primary N) is 1. The van der Waals surface area contributed by atoms with Crippen molar-refractivity contribution in [3.05, 3.63) is 0 Å². The Hall–Kier alpha value is -0.0400. The first-order valence-corrected chi connectivity index (χ1v) is 3.32. The highest BCUT2D eigenvalue weighted by molar-refractivity contribution is 4.65. The van der Waals surface area contributed by atoms with Crippen LogP contribution >= 0.6 is 0 Å². The van der Waals surface area contributed by atoms with Gasteiger partial charge in [0.05, 0.1) is 0 Å². The van der Waals surface area contributed by atoms with Crippen LogP contribution in [0.3, 0.4) is 0 Å². The molecule has 0 amide bonds. The van der Waals surface area contributed by atoms with Gasteiger partial charge in [-0.3, -0.25) is 0 Å². The van der Waals surface area contributed by atoms with Crippen LogP contribution < -0.4 is 5.73 Å². The lowest BCUT2D eigenvalue weighted by Gasteiger charge is -2.20. The molecule has 0 bridgehead atoms. The summed E-state index contributed by atoms with van der Waals surface area (Å²) in [5.74, 6) is 0. The van der Waals surface area contributed by atoms with E-state index in [2.05, 4.69) is 20.8 Å². The fraction of sp³-hybridized carbons (Fsp3) is 1.00. The molecule has 1 heteroatoms. The van der Waals surface area contributed by atoms with Gasteiger partial charge in [0.2, 0.25) is 0 Å². The average Bonchev–Trinajstić information content (AvgIpc) is 1.67. The van der Waals surface area contributed by atoms with Gasteiger partial charge in [-0.2, -0.15) is 0 Å². The predicted molar refractivity (Wildman–Crippen MR) is 37.7 cm³/mol. The van der Waals surface area contributed by atoms with Crippen molar-refractivity contribution >= 4 is 0 Å². The molecule has 2 N–H and O–H groups in total. The molecule has 0 saturated heterocycles. The SMILES string of the molecule is CCC(C)(C)CCN. The Labute approximate surface area is 52.3 Å². The van der Waals surface area contributed by atoms with Gasteiger partial charge in [-0.25, -0.2) is 0 Å². The molecule has 0 aliphatic rings. The Kier molecular flexibility index (Phi) is 3.06. The third-order valence-corrected chi connectivity index (χ3v) is 1.78. The normalized spacial score (nSPS) is 12.0. The first-order chi connectivity index (χ1) is 3.62. The second kappa shape index (κ2) is 3.08. The fourth-order valence-electron chi connectivity index (χ4n) is 0.568. The Balaban J connectivity index is 3.37. The Morgan fingerprint density at radius 3 is 2.00 bits per heavy atom. The Morgan fingerprint density at radius 2 is 1.88 bits per heavy atom. The van der Waals surface area contributed by atoms with E-state index in [1.54, 1.807) is 0 Å². The smallest absolute Gasteiger partial charge is 0.00722 e. The van der Waals surface area contributed by atoms with Crippen molar-refractivity contribution in [2.24, 2.45) is 11.1 Å². The Morgan fingerprint density at radius 1 is 1.38 bits per heavy atom. The number of hydrogen-bond donors (Lipinski definition) is 1. The molecule has 0 aromatic heterocycles. The van der Waals surface area contributed by atoms with Crippen molar-refractivity contribution in [3.63, 3.8) is 0 Å². The van der Waals surface area contributed by atoms with E-state index in [0.29, 0.717) is 5.41 Å². The zero-order chi connectivity index (χ0) is 6.62. The number of rotatable bonds is 3. The van der Waals surface area contributed by atoms with Gasteiger partial charge in [0.15, 0.2) is 0 Å². The summed E-state index contributed by atoms with van der Waals surface area (Å²) in [6, 6.07) is 0. The topological polar surface area (TPSA) is 26.0 Å². The predicted octanol–water partition coefficient (Wildman–Crippen LogP) is 1.77. The van der Waals surface area contributed by atoms with Gasteiger partial charge in [-0.1, -0.05) is 27.2 Å². The van der Waals surface area contributed by atoms with Crippen LogP contribution in [0.1, 0.15) is 33.6 Å². The van der Waals surface area contributed by atoms with Gasteiger partial charge in [-0.05, 0) is 18.4 Å². The molecule has 0 heterocycles. The molecule has 1 nitrogen and oxygen atoms in total. The van der Waals surface area contributed by atoms with Gasteiger partial charge in [0.1, 0.15) is 0 Å². The van der Waals surface area contributed by atoms with Crippen LogP contribution in [0.2, 0.25) is 0 Å². The summed E-state index contributed by atoms with van der Waals surface area (Å²) in [7, 11) is 0. The monoisotopic (exact) mass is 115 g/mol. The quantitative estimate of drug-likeness (QED) is 0.596. The highest BCUT2D eigenvalue weighted by atomic mass is 14.5. The summed E-state index contributed by atoms with van der Waals surface area (Å²) in [5.41, 5.74) is 5.86. The van der Waals surface area contributed by atoms with Gasteiger partial charge < -0.3 is 5.73 Å². The fourth-order valence-corrected chi connectivity index (χ4v) is 0.568. The second-order valence-corrected chi connectivity index (χ2v) is 3.06. The van der Waals surface area contributed by atoms with Crippen molar-refractivity contribution in [1.29, 1.82) is 0 Å². The lowest BCUT2D eigenvalue weighted by molar-refractivity contribution is 0.328. The molecule has 0 aliphatic heterocycles. The first-order valence-electron chi connectivity index (χ1n) is 3.32. The van der Waals surface area contributed by atoms with E-state index in [-0.39, 0.29) is 0 Å². The first kappa shape index (κ1) is 7.96. The molecular weight excluding hydrogens is 98.1 g/mol. The van der Waals surface area contributed by atoms with Crippen molar-refractivity contribution in [3.8, 4) is 0 Å². The average molecular weight is 115 g/mol. The van der Waals surface area contributed by atoms with E-state index in [0.717, 1.165) is 13.0 Å². The zero-order valence-electron chi connectivity index (χ0n) is 6.20. The van der Waals surface area contributed by atoms with Gasteiger partial charge in [-0.15, -0.1) is 0 Å². The molecule has 0 aromatic carbocycles. The lowest BCUT2D eigenvalue weighted by atomic mass is 9.87. The maximum Gasteiger partial charge on any atom is -0.00722 e. The molecule has 0 aromatic rings. The minimum absolute atomic E-state index is 0.467. The lowest BCUT2D eigenvalue weighted by Crippen LogP contribution is -2.15. The van der Waals surface area contributed by atoms with E-state index < -0.39 is 0 Å². The van der Waals surface area contributed by atoms with Crippen LogP contribution in [0, 0.1) is 5.41 Å². The molecule has 50 valence electrons. The third-order valence-electron chi connectivity index (χ3n) is 1.78. The summed E-state index contributed by atoms with van der Waals surface area (Å²) < 4.78 is 0. The summed E-state index contributed by atoms with van der Waals surface area (Å²) in [6.07, 6.45) is 2.37. The highest BCUT2D eigenvalue weighted by Crippen LogP contribution is 2.22. The minimum atomic E-state index is 0.467. The Bertz CT molecular complexity index is 57.4. The van der Waals surface area contributed by atoms with Crippen LogP contribution in [0.5, 0.6) is 0 Å². The zero-order valence-corrected chi connectivity index (χ0v) is 6.20. The molecule has 0 aliphatic carbocycles. The highest BCUT2D eigenvalue weighted by Gasteiger charge is 2.12. The maximum absolute atomic E-state index is 5.39. The van der Waals surface area contributed by atoms with Gasteiger partial charge >= 0.3 is 0 Å². The summed E-state index contributed by atoms with van der Waals surface area (Å²) in [5, 5.41) is 0.